The Kier molecular flexibility index (Phi) is 6.85. The van der Waals surface area contributed by atoms with Gasteiger partial charge >= 0.3 is 0 Å². The quantitative estimate of drug-likeness (QED) is 0.463. The molecule has 2 heterocycles. The predicted molar refractivity (Wildman–Crippen MR) is 123 cm³/mol. The minimum atomic E-state index is -0.217. The van der Waals surface area contributed by atoms with E-state index in [1.165, 1.54) is 0 Å². The predicted octanol–water partition coefficient (Wildman–Crippen LogP) is 4.19. The number of ether oxygens (including phenoxy) is 1. The van der Waals surface area contributed by atoms with Gasteiger partial charge in [-0.15, -0.1) is 0 Å². The number of rotatable bonds is 6. The number of aromatic nitrogens is 1. The largest absolute Gasteiger partial charge is 0.372 e. The van der Waals surface area contributed by atoms with E-state index < -0.39 is 0 Å². The number of guanidine groups is 1. The molecule has 0 radical (unpaired) electrons. The maximum atomic E-state index is 14.6. The average molecular weight is 437 g/mol. The number of morpholine rings is 1. The summed E-state index contributed by atoms with van der Waals surface area (Å²) in [5, 5.41) is 4.12. The lowest BCUT2D eigenvalue weighted by molar-refractivity contribution is -0.0484. The second kappa shape index (κ2) is 9.96. The number of nitrogens with two attached hydrogens (primary N) is 1. The zero-order valence-corrected chi connectivity index (χ0v) is 18.5. The van der Waals surface area contributed by atoms with E-state index in [2.05, 4.69) is 10.1 Å². The summed E-state index contributed by atoms with van der Waals surface area (Å²) in [6.45, 7) is 5.83. The molecule has 0 saturated carbocycles. The van der Waals surface area contributed by atoms with E-state index in [1.54, 1.807) is 6.07 Å². The van der Waals surface area contributed by atoms with E-state index in [9.17, 15) is 4.39 Å². The van der Waals surface area contributed by atoms with Crippen LogP contribution in [0.15, 0.2) is 64.1 Å². The first-order chi connectivity index (χ1) is 15.5. The first-order valence-electron chi connectivity index (χ1n) is 11.0. The molecular formula is C25H29FN4O2. The highest BCUT2D eigenvalue weighted by Gasteiger charge is 2.23. The van der Waals surface area contributed by atoms with E-state index in [0.29, 0.717) is 36.7 Å². The van der Waals surface area contributed by atoms with E-state index in [4.69, 9.17) is 15.0 Å². The van der Waals surface area contributed by atoms with Crippen molar-refractivity contribution in [1.82, 2.24) is 10.1 Å². The molecule has 0 amide bonds. The topological polar surface area (TPSA) is 76.9 Å². The van der Waals surface area contributed by atoms with Gasteiger partial charge in [-0.2, -0.15) is 0 Å². The van der Waals surface area contributed by atoms with Gasteiger partial charge in [-0.25, -0.2) is 9.38 Å². The van der Waals surface area contributed by atoms with Gasteiger partial charge in [0.05, 0.1) is 17.9 Å². The van der Waals surface area contributed by atoms with Gasteiger partial charge in [0.2, 0.25) is 0 Å². The van der Waals surface area contributed by atoms with Crippen molar-refractivity contribution in [3.8, 4) is 11.1 Å². The van der Waals surface area contributed by atoms with Crippen molar-refractivity contribution >= 4 is 5.96 Å². The molecule has 1 aromatic heterocycles. The van der Waals surface area contributed by atoms with Crippen molar-refractivity contribution in [3.63, 3.8) is 0 Å². The third-order valence-corrected chi connectivity index (χ3v) is 5.54. The van der Waals surface area contributed by atoms with E-state index in [1.807, 2.05) is 67.3 Å². The normalized spacial score (nSPS) is 19.3. The minimum absolute atomic E-state index is 0.121. The Morgan fingerprint density at radius 1 is 1.09 bits per heavy atom. The summed E-state index contributed by atoms with van der Waals surface area (Å²) in [5.41, 5.74) is 9.37. The van der Waals surface area contributed by atoms with Crippen LogP contribution >= 0.6 is 0 Å². The lowest BCUT2D eigenvalue weighted by atomic mass is 10.0. The molecule has 2 aromatic carbocycles. The molecular weight excluding hydrogens is 407 g/mol. The molecule has 2 N–H and O–H groups in total. The Morgan fingerprint density at radius 2 is 1.84 bits per heavy atom. The van der Waals surface area contributed by atoms with Crippen LogP contribution < -0.4 is 5.73 Å². The van der Waals surface area contributed by atoms with Crippen molar-refractivity contribution < 1.29 is 13.7 Å². The molecule has 6 nitrogen and oxygen atoms in total. The van der Waals surface area contributed by atoms with Gasteiger partial charge < -0.3 is 19.9 Å². The molecule has 1 aliphatic heterocycles. The van der Waals surface area contributed by atoms with Crippen molar-refractivity contribution in [2.45, 2.75) is 45.4 Å². The summed E-state index contributed by atoms with van der Waals surface area (Å²) in [4.78, 5) is 6.48. The van der Waals surface area contributed by atoms with Gasteiger partial charge in [0.1, 0.15) is 12.4 Å². The standard InChI is InChI=1S/C25H29FN4O2/c1-17-15-30(16-18(2)31-17)25(27)28-14-22-13-21(29-32-22)10-8-19-9-11-23(24(26)12-19)20-6-4-3-5-7-20/h3-7,9,11-13,17-18H,8,10,14-16H2,1-2H3,(H2,27,28). The Labute approximate surface area is 187 Å². The zero-order valence-electron chi connectivity index (χ0n) is 18.5. The van der Waals surface area contributed by atoms with Crippen molar-refractivity contribution in [1.29, 1.82) is 0 Å². The maximum Gasteiger partial charge on any atom is 0.191 e. The summed E-state index contributed by atoms with van der Waals surface area (Å²) >= 11 is 0. The highest BCUT2D eigenvalue weighted by atomic mass is 19.1. The molecule has 0 spiro atoms. The van der Waals surface area contributed by atoms with Crippen molar-refractivity contribution in [3.05, 3.63) is 77.4 Å². The van der Waals surface area contributed by atoms with E-state index >= 15 is 0 Å². The second-order valence-corrected chi connectivity index (χ2v) is 8.30. The van der Waals surface area contributed by atoms with E-state index in [-0.39, 0.29) is 18.0 Å². The summed E-state index contributed by atoms with van der Waals surface area (Å²) in [6, 6.07) is 16.8. The molecule has 3 aromatic rings. The fourth-order valence-corrected chi connectivity index (χ4v) is 4.01. The maximum absolute atomic E-state index is 14.6. The molecule has 4 rings (SSSR count). The Bertz CT molecular complexity index is 1060. The number of benzene rings is 2. The third-order valence-electron chi connectivity index (χ3n) is 5.54. The molecule has 1 fully saturated rings. The zero-order chi connectivity index (χ0) is 22.5. The van der Waals surface area contributed by atoms with Gasteiger partial charge in [-0.05, 0) is 43.9 Å². The summed E-state index contributed by atoms with van der Waals surface area (Å²) in [5.74, 6) is 0.924. The first kappa shape index (κ1) is 22.0. The van der Waals surface area contributed by atoms with Gasteiger partial charge in [0.25, 0.3) is 0 Å². The summed E-state index contributed by atoms with van der Waals surface area (Å²) < 4.78 is 25.7. The van der Waals surface area contributed by atoms with Crippen LogP contribution in [0.1, 0.15) is 30.9 Å². The first-order valence-corrected chi connectivity index (χ1v) is 11.0. The van der Waals surface area contributed by atoms with Gasteiger partial charge in [-0.3, -0.25) is 0 Å². The van der Waals surface area contributed by atoms with Crippen LogP contribution in [0.2, 0.25) is 0 Å². The lowest BCUT2D eigenvalue weighted by Gasteiger charge is -2.35. The van der Waals surface area contributed by atoms with Crippen LogP contribution in [0.5, 0.6) is 0 Å². The monoisotopic (exact) mass is 436 g/mol. The van der Waals surface area contributed by atoms with Crippen LogP contribution in [0.25, 0.3) is 11.1 Å². The molecule has 168 valence electrons. The van der Waals surface area contributed by atoms with Crippen LogP contribution in [-0.4, -0.2) is 41.3 Å². The fraction of sp³-hybridized carbons (Fsp3) is 0.360. The van der Waals surface area contributed by atoms with Crippen molar-refractivity contribution in [2.24, 2.45) is 10.7 Å². The van der Waals surface area contributed by atoms with Crippen LogP contribution in [0.3, 0.4) is 0 Å². The van der Waals surface area contributed by atoms with Crippen molar-refractivity contribution in [2.75, 3.05) is 13.1 Å². The fourth-order valence-electron chi connectivity index (χ4n) is 4.01. The molecule has 0 aliphatic carbocycles. The second-order valence-electron chi connectivity index (χ2n) is 8.30. The number of aryl methyl sites for hydroxylation is 2. The van der Waals surface area contributed by atoms with E-state index in [0.717, 1.165) is 29.9 Å². The highest BCUT2D eigenvalue weighted by molar-refractivity contribution is 5.78. The molecule has 7 heteroatoms. The molecule has 1 saturated heterocycles. The third kappa shape index (κ3) is 5.53. The number of halogens is 1. The van der Waals surface area contributed by atoms with Crippen LogP contribution in [0, 0.1) is 5.82 Å². The smallest absolute Gasteiger partial charge is 0.191 e. The molecule has 0 bridgehead atoms. The van der Waals surface area contributed by atoms with Gasteiger partial charge in [0.15, 0.2) is 11.7 Å². The molecule has 2 atom stereocenters. The number of hydrogen-bond acceptors (Lipinski definition) is 4. The summed E-state index contributed by atoms with van der Waals surface area (Å²) in [7, 11) is 0. The summed E-state index contributed by atoms with van der Waals surface area (Å²) in [6.07, 6.45) is 1.57. The SMILES string of the molecule is CC1CN(C(N)=NCc2cc(CCc3ccc(-c4ccccc4)c(F)c3)no2)CC(C)O1. The Hall–Kier alpha value is -3.19. The number of aliphatic imine (C=N–C) groups is 1. The Balaban J connectivity index is 1.32. The Morgan fingerprint density at radius 3 is 2.56 bits per heavy atom. The lowest BCUT2D eigenvalue weighted by Crippen LogP contribution is -2.50. The highest BCUT2D eigenvalue weighted by Crippen LogP contribution is 2.24. The van der Waals surface area contributed by atoms with Crippen LogP contribution in [0.4, 0.5) is 4.39 Å². The number of nitrogens with zero attached hydrogens (tertiary/aromatic N) is 3. The van der Waals surface area contributed by atoms with Gasteiger partial charge in [0, 0.05) is 24.7 Å². The van der Waals surface area contributed by atoms with Gasteiger partial charge in [-0.1, -0.05) is 47.6 Å². The molecule has 32 heavy (non-hydrogen) atoms. The minimum Gasteiger partial charge on any atom is -0.372 e. The average Bonchev–Trinajstić information content (AvgIpc) is 3.24. The molecule has 2 unspecified atom stereocenters. The number of hydrogen-bond donors (Lipinski definition) is 1. The van der Waals surface area contributed by atoms with Crippen LogP contribution in [-0.2, 0) is 24.1 Å². The molecule has 1 aliphatic rings.